The fraction of sp³-hybridized carbons (Fsp3) is 0.400. The van der Waals surface area contributed by atoms with Crippen LogP contribution in [0.3, 0.4) is 0 Å². The molecule has 3 rings (SSSR count). The first kappa shape index (κ1) is 24.0. The van der Waals surface area contributed by atoms with Gasteiger partial charge in [0.1, 0.15) is 5.75 Å². The van der Waals surface area contributed by atoms with Gasteiger partial charge in [0.15, 0.2) is 0 Å². The molecule has 0 spiro atoms. The highest BCUT2D eigenvalue weighted by Crippen LogP contribution is 2.32. The number of rotatable bonds is 8. The molecule has 174 valence electrons. The molecular weight excluding hydrogens is 458 g/mol. The topological polar surface area (TPSA) is 136 Å². The summed E-state index contributed by atoms with van der Waals surface area (Å²) in [7, 11) is -7.96. The summed E-state index contributed by atoms with van der Waals surface area (Å²) < 4.78 is 61.3. The smallest absolute Gasteiger partial charge is 0.269 e. The number of anilines is 1. The van der Waals surface area contributed by atoms with E-state index in [1.807, 2.05) is 0 Å². The third-order valence-corrected chi connectivity index (χ3v) is 8.14. The molecule has 0 atom stereocenters. The SMILES string of the molecule is CC(C)Oc1ccc(S(=O)(=O)N2CCCCC2)cc1NS(=O)(=O)c1ccc([N+](=O)[O-])cc1. The Labute approximate surface area is 187 Å². The summed E-state index contributed by atoms with van der Waals surface area (Å²) in [6, 6.07) is 8.44. The third-order valence-electron chi connectivity index (χ3n) is 4.87. The normalized spacial score (nSPS) is 15.5. The molecule has 0 amide bonds. The quantitative estimate of drug-likeness (QED) is 0.449. The molecule has 0 aromatic heterocycles. The van der Waals surface area contributed by atoms with E-state index in [4.69, 9.17) is 4.74 Å². The number of nitro benzene ring substituents is 1. The van der Waals surface area contributed by atoms with Crippen LogP contribution >= 0.6 is 0 Å². The number of nitro groups is 1. The number of hydrogen-bond donors (Lipinski definition) is 1. The van der Waals surface area contributed by atoms with Crippen LogP contribution < -0.4 is 9.46 Å². The number of nitrogens with one attached hydrogen (secondary N) is 1. The summed E-state index contributed by atoms with van der Waals surface area (Å²) in [5.74, 6) is 0.170. The first-order chi connectivity index (χ1) is 15.0. The largest absolute Gasteiger partial charge is 0.489 e. The van der Waals surface area contributed by atoms with E-state index in [2.05, 4.69) is 4.72 Å². The lowest BCUT2D eigenvalue weighted by Crippen LogP contribution is -2.35. The lowest BCUT2D eigenvalue weighted by molar-refractivity contribution is -0.384. The van der Waals surface area contributed by atoms with Crippen LogP contribution in [0.4, 0.5) is 11.4 Å². The number of ether oxygens (including phenoxy) is 1. The van der Waals surface area contributed by atoms with Gasteiger partial charge in [-0.3, -0.25) is 14.8 Å². The van der Waals surface area contributed by atoms with E-state index in [1.54, 1.807) is 13.8 Å². The minimum atomic E-state index is -4.16. The van der Waals surface area contributed by atoms with Crippen LogP contribution in [0, 0.1) is 10.1 Å². The Hall–Kier alpha value is -2.70. The van der Waals surface area contributed by atoms with E-state index < -0.39 is 25.0 Å². The zero-order chi connectivity index (χ0) is 23.5. The number of nitrogens with zero attached hydrogens (tertiary/aromatic N) is 2. The Morgan fingerprint density at radius 3 is 2.12 bits per heavy atom. The zero-order valence-electron chi connectivity index (χ0n) is 17.7. The average Bonchev–Trinajstić information content (AvgIpc) is 2.75. The summed E-state index contributed by atoms with van der Waals surface area (Å²) in [6.07, 6.45) is 2.22. The van der Waals surface area contributed by atoms with E-state index in [9.17, 15) is 26.9 Å². The molecule has 1 aliphatic rings. The second kappa shape index (κ2) is 9.43. The van der Waals surface area contributed by atoms with Gasteiger partial charge in [-0.15, -0.1) is 0 Å². The zero-order valence-corrected chi connectivity index (χ0v) is 19.4. The van der Waals surface area contributed by atoms with Crippen LogP contribution in [0.5, 0.6) is 5.75 Å². The Morgan fingerprint density at radius 2 is 1.56 bits per heavy atom. The minimum absolute atomic E-state index is 0.0323. The molecule has 0 bridgehead atoms. The van der Waals surface area contributed by atoms with Gasteiger partial charge < -0.3 is 4.74 Å². The summed E-state index contributed by atoms with van der Waals surface area (Å²) in [4.78, 5) is 9.94. The van der Waals surface area contributed by atoms with E-state index in [0.717, 1.165) is 43.5 Å². The third kappa shape index (κ3) is 5.37. The molecule has 12 heteroatoms. The molecule has 0 unspecified atom stereocenters. The number of piperidine rings is 1. The standard InChI is InChI=1S/C20H25N3O7S2/c1-15(2)30-20-11-10-18(32(28,29)22-12-4-3-5-13-22)14-19(20)21-31(26,27)17-8-6-16(7-9-17)23(24)25/h6-11,14-15,21H,3-5,12-13H2,1-2H3. The highest BCUT2D eigenvalue weighted by molar-refractivity contribution is 7.92. The first-order valence-corrected chi connectivity index (χ1v) is 13.0. The second-order valence-corrected chi connectivity index (χ2v) is 11.3. The predicted molar refractivity (Wildman–Crippen MR) is 119 cm³/mol. The van der Waals surface area contributed by atoms with Crippen LogP contribution in [-0.2, 0) is 20.0 Å². The van der Waals surface area contributed by atoms with Crippen LogP contribution in [0.2, 0.25) is 0 Å². The van der Waals surface area contributed by atoms with E-state index in [-0.39, 0.29) is 33.0 Å². The van der Waals surface area contributed by atoms with Gasteiger partial charge >= 0.3 is 0 Å². The van der Waals surface area contributed by atoms with Gasteiger partial charge in [-0.2, -0.15) is 4.31 Å². The van der Waals surface area contributed by atoms with Gasteiger partial charge in [-0.25, -0.2) is 16.8 Å². The Balaban J connectivity index is 1.98. The predicted octanol–water partition coefficient (Wildman–Crippen LogP) is 3.36. The Morgan fingerprint density at radius 1 is 0.969 bits per heavy atom. The van der Waals surface area contributed by atoms with E-state index in [1.165, 1.54) is 22.5 Å². The number of non-ortho nitro benzene ring substituents is 1. The summed E-state index contributed by atoms with van der Waals surface area (Å²) >= 11 is 0. The van der Waals surface area contributed by atoms with Gasteiger partial charge in [0, 0.05) is 25.2 Å². The Kier molecular flexibility index (Phi) is 7.06. The van der Waals surface area contributed by atoms with Gasteiger partial charge in [0.2, 0.25) is 10.0 Å². The molecule has 1 aliphatic heterocycles. The monoisotopic (exact) mass is 483 g/mol. The molecule has 2 aromatic rings. The summed E-state index contributed by atoms with van der Waals surface area (Å²) in [5, 5.41) is 10.8. The van der Waals surface area contributed by atoms with Crippen LogP contribution in [-0.4, -0.2) is 45.3 Å². The molecule has 32 heavy (non-hydrogen) atoms. The van der Waals surface area contributed by atoms with E-state index in [0.29, 0.717) is 13.1 Å². The molecular formula is C20H25N3O7S2. The van der Waals surface area contributed by atoms with Crippen LogP contribution in [0.1, 0.15) is 33.1 Å². The van der Waals surface area contributed by atoms with Crippen molar-refractivity contribution in [1.82, 2.24) is 4.31 Å². The molecule has 0 saturated carbocycles. The average molecular weight is 484 g/mol. The number of hydrogen-bond acceptors (Lipinski definition) is 7. The summed E-state index contributed by atoms with van der Waals surface area (Å²) in [5.41, 5.74) is -0.280. The van der Waals surface area contributed by atoms with Crippen LogP contribution in [0.15, 0.2) is 52.3 Å². The lowest BCUT2D eigenvalue weighted by atomic mass is 10.2. The molecule has 1 N–H and O–H groups in total. The van der Waals surface area contributed by atoms with Gasteiger partial charge in [-0.05, 0) is 57.0 Å². The highest BCUT2D eigenvalue weighted by Gasteiger charge is 2.28. The fourth-order valence-corrected chi connectivity index (χ4v) is 5.92. The first-order valence-electron chi connectivity index (χ1n) is 10.1. The van der Waals surface area contributed by atoms with Gasteiger partial charge in [0.25, 0.3) is 15.7 Å². The van der Waals surface area contributed by atoms with Crippen molar-refractivity contribution < 1.29 is 26.5 Å². The molecule has 0 radical (unpaired) electrons. The van der Waals surface area contributed by atoms with Crippen LogP contribution in [0.25, 0.3) is 0 Å². The minimum Gasteiger partial charge on any atom is -0.489 e. The summed E-state index contributed by atoms with van der Waals surface area (Å²) in [6.45, 7) is 4.34. The highest BCUT2D eigenvalue weighted by atomic mass is 32.2. The molecule has 0 aliphatic carbocycles. The molecule has 10 nitrogen and oxygen atoms in total. The number of sulfonamides is 2. The molecule has 2 aromatic carbocycles. The second-order valence-electron chi connectivity index (χ2n) is 7.65. The fourth-order valence-electron chi connectivity index (χ4n) is 3.31. The van der Waals surface area contributed by atoms with Crippen molar-refractivity contribution in [1.29, 1.82) is 0 Å². The maximum absolute atomic E-state index is 13.1. The maximum atomic E-state index is 13.1. The van der Waals surface area contributed by atoms with E-state index >= 15 is 0 Å². The van der Waals surface area contributed by atoms with Crippen molar-refractivity contribution in [2.45, 2.75) is 49.0 Å². The van der Waals surface area contributed by atoms with Crippen molar-refractivity contribution in [2.75, 3.05) is 17.8 Å². The number of benzene rings is 2. The molecule has 1 fully saturated rings. The lowest BCUT2D eigenvalue weighted by Gasteiger charge is -2.26. The Bertz CT molecular complexity index is 1190. The molecule has 1 heterocycles. The maximum Gasteiger partial charge on any atom is 0.269 e. The van der Waals surface area contributed by atoms with Crippen molar-refractivity contribution in [3.63, 3.8) is 0 Å². The van der Waals surface area contributed by atoms with Crippen molar-refractivity contribution in [2.24, 2.45) is 0 Å². The van der Waals surface area contributed by atoms with Crippen molar-refractivity contribution in [3.8, 4) is 5.75 Å². The van der Waals surface area contributed by atoms with Gasteiger partial charge in [-0.1, -0.05) is 6.42 Å². The van der Waals surface area contributed by atoms with Gasteiger partial charge in [0.05, 0.1) is 26.5 Å². The molecule has 1 saturated heterocycles. The van der Waals surface area contributed by atoms with Crippen molar-refractivity contribution in [3.05, 3.63) is 52.6 Å². The van der Waals surface area contributed by atoms with Crippen molar-refractivity contribution >= 4 is 31.4 Å².